The molecule has 2 aliphatic heterocycles. The second-order valence-electron chi connectivity index (χ2n) is 6.12. The largest absolute Gasteiger partial charge is 0.338 e. The molecule has 1 fully saturated rings. The van der Waals surface area contributed by atoms with E-state index in [9.17, 15) is 14.4 Å². The molecule has 130 valence electrons. The standard InChI is InChI=1S/C16H18BrN3O3.ClH/c1-9-4-10(6-18)7-19(9)14(21)8-20-15(22)12-3-2-11(17)5-13(12)16(20)23;/h2-3,5,9-10H,4,6-8,18H2,1H3;1H. The summed E-state index contributed by atoms with van der Waals surface area (Å²) in [5.41, 5.74) is 6.36. The summed E-state index contributed by atoms with van der Waals surface area (Å²) in [6.07, 6.45) is 0.858. The van der Waals surface area contributed by atoms with Crippen LogP contribution >= 0.6 is 28.3 Å². The van der Waals surface area contributed by atoms with E-state index in [1.807, 2.05) is 6.92 Å². The van der Waals surface area contributed by atoms with Crippen molar-refractivity contribution in [1.29, 1.82) is 0 Å². The number of hydrogen-bond acceptors (Lipinski definition) is 4. The second-order valence-corrected chi connectivity index (χ2v) is 7.03. The molecule has 1 aromatic carbocycles. The summed E-state index contributed by atoms with van der Waals surface area (Å²) in [5.74, 6) is -0.746. The zero-order valence-corrected chi connectivity index (χ0v) is 15.6. The summed E-state index contributed by atoms with van der Waals surface area (Å²) < 4.78 is 0.726. The summed E-state index contributed by atoms with van der Waals surface area (Å²) >= 11 is 3.29. The highest BCUT2D eigenvalue weighted by atomic mass is 79.9. The third-order valence-electron chi connectivity index (χ3n) is 4.54. The van der Waals surface area contributed by atoms with Crippen LogP contribution in [-0.2, 0) is 4.79 Å². The zero-order valence-electron chi connectivity index (χ0n) is 13.2. The molecule has 6 nitrogen and oxygen atoms in total. The maximum Gasteiger partial charge on any atom is 0.262 e. The first-order valence-electron chi connectivity index (χ1n) is 7.57. The van der Waals surface area contributed by atoms with Gasteiger partial charge in [0.05, 0.1) is 11.1 Å². The smallest absolute Gasteiger partial charge is 0.262 e. The highest BCUT2D eigenvalue weighted by Crippen LogP contribution is 2.27. The van der Waals surface area contributed by atoms with Gasteiger partial charge in [0.15, 0.2) is 0 Å². The zero-order chi connectivity index (χ0) is 16.7. The summed E-state index contributed by atoms with van der Waals surface area (Å²) in [5, 5.41) is 0. The van der Waals surface area contributed by atoms with Crippen LogP contribution in [0.1, 0.15) is 34.1 Å². The van der Waals surface area contributed by atoms with E-state index in [1.54, 1.807) is 23.1 Å². The van der Waals surface area contributed by atoms with Crippen LogP contribution in [0.5, 0.6) is 0 Å². The molecule has 2 unspecified atom stereocenters. The first-order chi connectivity index (χ1) is 10.9. The van der Waals surface area contributed by atoms with Crippen molar-refractivity contribution in [3.05, 3.63) is 33.8 Å². The van der Waals surface area contributed by atoms with Gasteiger partial charge in [-0.2, -0.15) is 0 Å². The first-order valence-corrected chi connectivity index (χ1v) is 8.37. The van der Waals surface area contributed by atoms with Crippen molar-refractivity contribution in [2.24, 2.45) is 11.7 Å². The molecular formula is C16H19BrClN3O3. The molecule has 2 N–H and O–H groups in total. The van der Waals surface area contributed by atoms with Crippen molar-refractivity contribution >= 4 is 46.1 Å². The molecule has 1 aromatic rings. The van der Waals surface area contributed by atoms with Gasteiger partial charge in [-0.25, -0.2) is 0 Å². The van der Waals surface area contributed by atoms with Gasteiger partial charge in [-0.3, -0.25) is 19.3 Å². The van der Waals surface area contributed by atoms with E-state index in [2.05, 4.69) is 15.9 Å². The van der Waals surface area contributed by atoms with Gasteiger partial charge in [0.1, 0.15) is 6.54 Å². The number of fused-ring (bicyclic) bond motifs is 1. The average molecular weight is 417 g/mol. The van der Waals surface area contributed by atoms with Gasteiger partial charge in [0.2, 0.25) is 5.91 Å². The Kier molecular flexibility index (Phi) is 5.67. The monoisotopic (exact) mass is 415 g/mol. The molecule has 0 bridgehead atoms. The summed E-state index contributed by atoms with van der Waals surface area (Å²) in [6, 6.07) is 5.01. The number of nitrogens with two attached hydrogens (primary N) is 1. The lowest BCUT2D eigenvalue weighted by atomic mass is 10.1. The molecule has 3 amide bonds. The third-order valence-corrected chi connectivity index (χ3v) is 5.03. The topological polar surface area (TPSA) is 83.7 Å². The number of likely N-dealkylation sites (tertiary alicyclic amines) is 1. The number of hydrogen-bond donors (Lipinski definition) is 1. The number of benzene rings is 1. The number of rotatable bonds is 3. The Hall–Kier alpha value is -1.44. The van der Waals surface area contributed by atoms with Crippen LogP contribution in [0, 0.1) is 5.92 Å². The van der Waals surface area contributed by atoms with Gasteiger partial charge in [0, 0.05) is 17.1 Å². The Morgan fingerprint density at radius 3 is 2.58 bits per heavy atom. The third kappa shape index (κ3) is 3.20. The normalized spacial score (nSPS) is 22.6. The highest BCUT2D eigenvalue weighted by molar-refractivity contribution is 9.10. The summed E-state index contributed by atoms with van der Waals surface area (Å²) in [6.45, 7) is 2.87. The predicted octanol–water partition coefficient (Wildman–Crippen LogP) is 1.66. The van der Waals surface area contributed by atoms with Gasteiger partial charge in [-0.15, -0.1) is 12.4 Å². The molecule has 2 heterocycles. The fourth-order valence-electron chi connectivity index (χ4n) is 3.29. The van der Waals surface area contributed by atoms with E-state index in [0.29, 0.717) is 24.2 Å². The highest BCUT2D eigenvalue weighted by Gasteiger charge is 2.39. The van der Waals surface area contributed by atoms with Crippen LogP contribution in [-0.4, -0.2) is 53.2 Å². The average Bonchev–Trinajstić information content (AvgIpc) is 3.01. The molecule has 0 saturated carbocycles. The molecular weight excluding hydrogens is 398 g/mol. The van der Waals surface area contributed by atoms with Crippen LogP contribution in [0.2, 0.25) is 0 Å². The van der Waals surface area contributed by atoms with E-state index in [4.69, 9.17) is 5.73 Å². The van der Waals surface area contributed by atoms with Crippen molar-refractivity contribution in [2.75, 3.05) is 19.6 Å². The van der Waals surface area contributed by atoms with Crippen LogP contribution in [0.3, 0.4) is 0 Å². The number of amides is 3. The van der Waals surface area contributed by atoms with Crippen LogP contribution < -0.4 is 5.73 Å². The minimum atomic E-state index is -0.415. The Bertz CT molecular complexity index is 697. The van der Waals surface area contributed by atoms with Gasteiger partial charge in [-0.1, -0.05) is 15.9 Å². The molecule has 0 radical (unpaired) electrons. The maximum absolute atomic E-state index is 12.5. The van der Waals surface area contributed by atoms with E-state index >= 15 is 0 Å². The Labute approximate surface area is 154 Å². The van der Waals surface area contributed by atoms with Crippen molar-refractivity contribution < 1.29 is 14.4 Å². The van der Waals surface area contributed by atoms with Gasteiger partial charge in [-0.05, 0) is 44.0 Å². The van der Waals surface area contributed by atoms with Crippen molar-refractivity contribution in [3.8, 4) is 0 Å². The Morgan fingerprint density at radius 2 is 1.96 bits per heavy atom. The van der Waals surface area contributed by atoms with Crippen molar-refractivity contribution in [3.63, 3.8) is 0 Å². The fourth-order valence-corrected chi connectivity index (χ4v) is 3.65. The first kappa shape index (κ1) is 18.9. The van der Waals surface area contributed by atoms with Crippen LogP contribution in [0.4, 0.5) is 0 Å². The minimum absolute atomic E-state index is 0. The van der Waals surface area contributed by atoms with Gasteiger partial charge in [0.25, 0.3) is 11.8 Å². The molecule has 8 heteroatoms. The molecule has 3 rings (SSSR count). The molecule has 2 aliphatic rings. The quantitative estimate of drug-likeness (QED) is 0.760. The lowest BCUT2D eigenvalue weighted by molar-refractivity contribution is -0.132. The van der Waals surface area contributed by atoms with E-state index in [0.717, 1.165) is 15.8 Å². The Morgan fingerprint density at radius 1 is 1.29 bits per heavy atom. The maximum atomic E-state index is 12.5. The van der Waals surface area contributed by atoms with E-state index < -0.39 is 11.8 Å². The van der Waals surface area contributed by atoms with Gasteiger partial charge < -0.3 is 10.6 Å². The molecule has 0 spiro atoms. The van der Waals surface area contributed by atoms with Crippen LogP contribution in [0.25, 0.3) is 0 Å². The minimum Gasteiger partial charge on any atom is -0.338 e. The number of nitrogens with zero attached hydrogens (tertiary/aromatic N) is 2. The van der Waals surface area contributed by atoms with Crippen LogP contribution in [0.15, 0.2) is 22.7 Å². The Balaban J connectivity index is 0.00000208. The number of imide groups is 1. The number of halogens is 2. The lowest BCUT2D eigenvalue weighted by Gasteiger charge is -2.24. The van der Waals surface area contributed by atoms with Crippen molar-refractivity contribution in [2.45, 2.75) is 19.4 Å². The SMILES string of the molecule is CC1CC(CN)CN1C(=O)CN1C(=O)c2ccc(Br)cc2C1=O.Cl. The molecule has 2 atom stereocenters. The number of carbonyl (C=O) groups excluding carboxylic acids is 3. The predicted molar refractivity (Wildman–Crippen MR) is 95.1 cm³/mol. The molecule has 0 aromatic heterocycles. The molecule has 1 saturated heterocycles. The van der Waals surface area contributed by atoms with Gasteiger partial charge >= 0.3 is 0 Å². The number of carbonyl (C=O) groups is 3. The van der Waals surface area contributed by atoms with E-state index in [1.165, 1.54) is 0 Å². The summed E-state index contributed by atoms with van der Waals surface area (Å²) in [7, 11) is 0. The molecule has 0 aliphatic carbocycles. The second kappa shape index (κ2) is 7.21. The molecule has 24 heavy (non-hydrogen) atoms. The summed E-state index contributed by atoms with van der Waals surface area (Å²) in [4.78, 5) is 40.0. The lowest BCUT2D eigenvalue weighted by Crippen LogP contribution is -2.44. The van der Waals surface area contributed by atoms with Crippen molar-refractivity contribution in [1.82, 2.24) is 9.80 Å². The fraction of sp³-hybridized carbons (Fsp3) is 0.438. The van der Waals surface area contributed by atoms with E-state index in [-0.39, 0.29) is 36.8 Å².